The van der Waals surface area contributed by atoms with Gasteiger partial charge in [-0.05, 0) is 43.5 Å². The summed E-state index contributed by atoms with van der Waals surface area (Å²) in [6.45, 7) is 4.86. The second-order valence-corrected chi connectivity index (χ2v) is 8.35. The molecular formula is C21H20N4O3S2. The van der Waals surface area contributed by atoms with Crippen LogP contribution in [0.15, 0.2) is 51.7 Å². The van der Waals surface area contributed by atoms with Gasteiger partial charge < -0.3 is 14.3 Å². The topological polar surface area (TPSA) is 89.9 Å². The van der Waals surface area contributed by atoms with Gasteiger partial charge in [0.1, 0.15) is 0 Å². The van der Waals surface area contributed by atoms with E-state index in [1.165, 1.54) is 11.8 Å². The van der Waals surface area contributed by atoms with E-state index in [1.807, 2.05) is 17.5 Å². The van der Waals surface area contributed by atoms with E-state index in [0.717, 1.165) is 28.1 Å². The number of fused-ring (bicyclic) bond motifs is 1. The number of esters is 1. The molecule has 0 saturated carbocycles. The summed E-state index contributed by atoms with van der Waals surface area (Å²) in [5.41, 5.74) is 1.70. The highest BCUT2D eigenvalue weighted by atomic mass is 32.2. The van der Waals surface area contributed by atoms with Crippen molar-refractivity contribution in [2.24, 2.45) is 0 Å². The average Bonchev–Trinajstić information content (AvgIpc) is 3.41. The van der Waals surface area contributed by atoms with Crippen LogP contribution in [0.3, 0.4) is 0 Å². The maximum Gasteiger partial charge on any atom is 0.338 e. The normalized spacial score (nSPS) is 11.1. The van der Waals surface area contributed by atoms with Gasteiger partial charge in [0, 0.05) is 35.0 Å². The predicted molar refractivity (Wildman–Crippen MR) is 119 cm³/mol. The molecule has 0 fully saturated rings. The molecule has 1 aromatic carbocycles. The maximum atomic E-state index is 12.6. The molecule has 0 radical (unpaired) electrons. The zero-order valence-corrected chi connectivity index (χ0v) is 18.2. The third-order valence-corrected chi connectivity index (χ3v) is 6.41. The highest BCUT2D eigenvalue weighted by Crippen LogP contribution is 2.28. The lowest BCUT2D eigenvalue weighted by atomic mass is 10.1. The number of nitrogens with zero attached hydrogens (tertiary/aromatic N) is 3. The lowest BCUT2D eigenvalue weighted by Gasteiger charge is -2.08. The standard InChI is InChI=1S/C21H20N4O3S2/c1-3-25-19(18-6-5-9-29-18)23-24-21(25)30-12-14-11-17(26)15-10-13(20(27)28-4-2)7-8-16(15)22-14/h5-11H,3-4,12H2,1-2H3,(H,22,26). The van der Waals surface area contributed by atoms with Crippen LogP contribution < -0.4 is 5.43 Å². The summed E-state index contributed by atoms with van der Waals surface area (Å²) < 4.78 is 7.08. The Morgan fingerprint density at radius 2 is 2.10 bits per heavy atom. The minimum Gasteiger partial charge on any atom is -0.462 e. The van der Waals surface area contributed by atoms with Gasteiger partial charge in [0.25, 0.3) is 0 Å². The lowest BCUT2D eigenvalue weighted by molar-refractivity contribution is 0.0526. The van der Waals surface area contributed by atoms with Crippen LogP contribution in [-0.2, 0) is 17.0 Å². The summed E-state index contributed by atoms with van der Waals surface area (Å²) in [5, 5.41) is 12.0. The molecule has 0 spiro atoms. The van der Waals surface area contributed by atoms with Crippen LogP contribution in [0.5, 0.6) is 0 Å². The molecule has 0 bridgehead atoms. The zero-order chi connectivity index (χ0) is 21.1. The largest absolute Gasteiger partial charge is 0.462 e. The molecule has 4 rings (SSSR count). The summed E-state index contributed by atoms with van der Waals surface area (Å²) in [6.07, 6.45) is 0. The van der Waals surface area contributed by atoms with Gasteiger partial charge >= 0.3 is 5.97 Å². The van der Waals surface area contributed by atoms with E-state index < -0.39 is 5.97 Å². The van der Waals surface area contributed by atoms with Crippen molar-refractivity contribution in [1.29, 1.82) is 0 Å². The van der Waals surface area contributed by atoms with E-state index in [2.05, 4.69) is 26.7 Å². The number of carbonyl (C=O) groups excluding carboxylic acids is 1. The van der Waals surface area contributed by atoms with Gasteiger partial charge in [-0.3, -0.25) is 4.79 Å². The number of benzene rings is 1. The maximum absolute atomic E-state index is 12.6. The Hall–Kier alpha value is -2.91. The molecule has 0 unspecified atom stereocenters. The number of aromatic nitrogens is 4. The Morgan fingerprint density at radius 1 is 1.23 bits per heavy atom. The summed E-state index contributed by atoms with van der Waals surface area (Å²) in [5.74, 6) is 0.972. The third kappa shape index (κ3) is 4.03. The molecule has 0 amide bonds. The summed E-state index contributed by atoms with van der Waals surface area (Å²) in [7, 11) is 0. The fraction of sp³-hybridized carbons (Fsp3) is 0.238. The van der Waals surface area contributed by atoms with Crippen molar-refractivity contribution in [3.05, 3.63) is 63.3 Å². The lowest BCUT2D eigenvalue weighted by Crippen LogP contribution is -2.09. The van der Waals surface area contributed by atoms with E-state index in [9.17, 15) is 9.59 Å². The smallest absolute Gasteiger partial charge is 0.338 e. The zero-order valence-electron chi connectivity index (χ0n) is 16.5. The van der Waals surface area contributed by atoms with Gasteiger partial charge in [-0.1, -0.05) is 17.8 Å². The number of rotatable bonds is 7. The number of hydrogen-bond acceptors (Lipinski definition) is 7. The summed E-state index contributed by atoms with van der Waals surface area (Å²) in [4.78, 5) is 28.9. The molecule has 7 nitrogen and oxygen atoms in total. The number of ether oxygens (including phenoxy) is 1. The van der Waals surface area contributed by atoms with Crippen molar-refractivity contribution in [3.63, 3.8) is 0 Å². The Kier molecular flexibility index (Phi) is 6.01. The van der Waals surface area contributed by atoms with Gasteiger partial charge in [-0.25, -0.2) is 4.79 Å². The Morgan fingerprint density at radius 3 is 2.83 bits per heavy atom. The molecule has 154 valence electrons. The molecule has 3 heterocycles. The van der Waals surface area contributed by atoms with Gasteiger partial charge in [0.05, 0.1) is 17.0 Å². The number of carbonyl (C=O) groups is 1. The number of hydrogen-bond donors (Lipinski definition) is 1. The molecule has 0 saturated heterocycles. The van der Waals surface area contributed by atoms with Crippen LogP contribution in [0.4, 0.5) is 0 Å². The number of aromatic amines is 1. The Bertz CT molecular complexity index is 1250. The highest BCUT2D eigenvalue weighted by Gasteiger charge is 2.15. The van der Waals surface area contributed by atoms with Crippen LogP contribution in [0, 0.1) is 0 Å². The monoisotopic (exact) mass is 440 g/mol. The Labute approximate surface area is 181 Å². The van der Waals surface area contributed by atoms with E-state index in [4.69, 9.17) is 4.74 Å². The van der Waals surface area contributed by atoms with Crippen molar-refractivity contribution in [1.82, 2.24) is 19.7 Å². The van der Waals surface area contributed by atoms with Gasteiger partial charge in [0.2, 0.25) is 0 Å². The second-order valence-electron chi connectivity index (χ2n) is 6.46. The molecule has 3 aromatic heterocycles. The van der Waals surface area contributed by atoms with Crippen LogP contribution >= 0.6 is 23.1 Å². The molecule has 0 aliphatic rings. The van der Waals surface area contributed by atoms with Crippen LogP contribution in [-0.4, -0.2) is 32.3 Å². The minimum atomic E-state index is -0.432. The molecule has 0 aliphatic carbocycles. The second kappa shape index (κ2) is 8.85. The van der Waals surface area contributed by atoms with Crippen molar-refractivity contribution in [2.45, 2.75) is 31.3 Å². The molecule has 9 heteroatoms. The van der Waals surface area contributed by atoms with Crippen molar-refractivity contribution < 1.29 is 9.53 Å². The van der Waals surface area contributed by atoms with Crippen molar-refractivity contribution in [2.75, 3.05) is 6.61 Å². The quantitative estimate of drug-likeness (QED) is 0.340. The van der Waals surface area contributed by atoms with Gasteiger partial charge in [-0.15, -0.1) is 21.5 Å². The molecular weight excluding hydrogens is 420 g/mol. The van der Waals surface area contributed by atoms with E-state index in [0.29, 0.717) is 28.8 Å². The number of nitrogens with one attached hydrogen (secondary N) is 1. The van der Waals surface area contributed by atoms with Crippen LogP contribution in [0.2, 0.25) is 0 Å². The third-order valence-electron chi connectivity index (χ3n) is 4.53. The van der Waals surface area contributed by atoms with Gasteiger partial charge in [-0.2, -0.15) is 0 Å². The number of thiophene rings is 1. The predicted octanol–water partition coefficient (Wildman–Crippen LogP) is 4.34. The molecule has 30 heavy (non-hydrogen) atoms. The number of pyridine rings is 1. The Balaban J connectivity index is 1.57. The fourth-order valence-electron chi connectivity index (χ4n) is 3.13. The SMILES string of the molecule is CCOC(=O)c1ccc2[nH]c(CSc3nnc(-c4cccs4)n3CC)cc(=O)c2c1. The highest BCUT2D eigenvalue weighted by molar-refractivity contribution is 7.98. The van der Waals surface area contributed by atoms with E-state index in [1.54, 1.807) is 42.5 Å². The summed E-state index contributed by atoms with van der Waals surface area (Å²) in [6, 6.07) is 10.6. The van der Waals surface area contributed by atoms with Gasteiger partial charge in [0.15, 0.2) is 16.4 Å². The van der Waals surface area contributed by atoms with Crippen molar-refractivity contribution >= 4 is 40.0 Å². The van der Waals surface area contributed by atoms with Crippen molar-refractivity contribution in [3.8, 4) is 10.7 Å². The number of H-pyrrole nitrogens is 1. The first-order valence-electron chi connectivity index (χ1n) is 9.53. The minimum absolute atomic E-state index is 0.137. The fourth-order valence-corrected chi connectivity index (χ4v) is 4.76. The molecule has 1 N–H and O–H groups in total. The molecule has 4 aromatic rings. The first kappa shape index (κ1) is 20.4. The first-order chi connectivity index (χ1) is 14.6. The molecule has 0 atom stereocenters. The summed E-state index contributed by atoms with van der Waals surface area (Å²) >= 11 is 3.15. The number of thioether (sulfide) groups is 1. The average molecular weight is 441 g/mol. The molecule has 0 aliphatic heterocycles. The van der Waals surface area contributed by atoms with E-state index >= 15 is 0 Å². The van der Waals surface area contributed by atoms with E-state index in [-0.39, 0.29) is 5.43 Å². The van der Waals surface area contributed by atoms with Crippen LogP contribution in [0.1, 0.15) is 29.9 Å². The first-order valence-corrected chi connectivity index (χ1v) is 11.4. The van der Waals surface area contributed by atoms with Crippen LogP contribution in [0.25, 0.3) is 21.6 Å².